The van der Waals surface area contributed by atoms with E-state index >= 15 is 0 Å². The molecule has 1 aliphatic carbocycles. The van der Waals surface area contributed by atoms with E-state index in [1.807, 2.05) is 0 Å². The Bertz CT molecular complexity index is 757. The molecular weight excluding hydrogens is 306 g/mol. The van der Waals surface area contributed by atoms with Crippen LogP contribution in [0.4, 0.5) is 5.69 Å². The van der Waals surface area contributed by atoms with Gasteiger partial charge in [0.05, 0.1) is 0 Å². The molecule has 6 heteroatoms. The number of nitrogens with zero attached hydrogens (tertiary/aromatic N) is 1. The summed E-state index contributed by atoms with van der Waals surface area (Å²) in [5.41, 5.74) is 8.35. The molecule has 2 aromatic rings. The summed E-state index contributed by atoms with van der Waals surface area (Å²) in [5, 5.41) is 2.73. The summed E-state index contributed by atoms with van der Waals surface area (Å²) in [6.07, 6.45) is 5.89. The average Bonchev–Trinajstić information content (AvgIpc) is 2.60. The molecule has 0 spiro atoms. The van der Waals surface area contributed by atoms with E-state index < -0.39 is 5.91 Å². The number of aromatic nitrogens is 1. The Morgan fingerprint density at radius 1 is 1.12 bits per heavy atom. The van der Waals surface area contributed by atoms with Crippen LogP contribution >= 0.6 is 0 Å². The van der Waals surface area contributed by atoms with E-state index in [4.69, 9.17) is 10.5 Å². The van der Waals surface area contributed by atoms with Crippen LogP contribution in [0.2, 0.25) is 0 Å². The van der Waals surface area contributed by atoms with Gasteiger partial charge in [0.15, 0.2) is 6.61 Å². The Morgan fingerprint density at radius 3 is 2.62 bits per heavy atom. The van der Waals surface area contributed by atoms with Crippen molar-refractivity contribution in [2.75, 3.05) is 11.9 Å². The van der Waals surface area contributed by atoms with Crippen LogP contribution in [0.3, 0.4) is 0 Å². The zero-order valence-electron chi connectivity index (χ0n) is 13.2. The molecule has 24 heavy (non-hydrogen) atoms. The highest BCUT2D eigenvalue weighted by Gasteiger charge is 2.16. The maximum absolute atomic E-state index is 12.0. The number of carbonyl (C=O) groups is 2. The number of anilines is 1. The molecule has 0 radical (unpaired) electrons. The van der Waals surface area contributed by atoms with E-state index in [0.717, 1.165) is 42.7 Å². The van der Waals surface area contributed by atoms with Crippen molar-refractivity contribution in [2.24, 2.45) is 5.73 Å². The second-order valence-corrected chi connectivity index (χ2v) is 5.72. The van der Waals surface area contributed by atoms with Crippen LogP contribution in [0.1, 0.15) is 34.5 Å². The number of ether oxygens (including phenoxy) is 1. The van der Waals surface area contributed by atoms with Crippen molar-refractivity contribution in [3.63, 3.8) is 0 Å². The Morgan fingerprint density at radius 2 is 1.88 bits per heavy atom. The molecule has 1 aromatic carbocycles. The summed E-state index contributed by atoms with van der Waals surface area (Å²) < 4.78 is 5.67. The van der Waals surface area contributed by atoms with Gasteiger partial charge in [-0.2, -0.15) is 0 Å². The third-order valence-corrected chi connectivity index (χ3v) is 4.00. The van der Waals surface area contributed by atoms with Gasteiger partial charge in [0.2, 0.25) is 5.91 Å². The quantitative estimate of drug-likeness (QED) is 0.880. The highest BCUT2D eigenvalue weighted by atomic mass is 16.5. The molecule has 6 nitrogen and oxygen atoms in total. The summed E-state index contributed by atoms with van der Waals surface area (Å²) in [6.45, 7) is -0.0754. The first-order chi connectivity index (χ1) is 11.6. The highest BCUT2D eigenvalue weighted by Crippen LogP contribution is 2.27. The summed E-state index contributed by atoms with van der Waals surface area (Å²) in [5.74, 6) is -0.0270. The van der Waals surface area contributed by atoms with Gasteiger partial charge in [-0.3, -0.25) is 14.6 Å². The monoisotopic (exact) mass is 325 g/mol. The van der Waals surface area contributed by atoms with E-state index in [9.17, 15) is 9.59 Å². The molecule has 1 aliphatic rings. The fourth-order valence-electron chi connectivity index (χ4n) is 2.79. The molecule has 0 fully saturated rings. The second-order valence-electron chi connectivity index (χ2n) is 5.72. The summed E-state index contributed by atoms with van der Waals surface area (Å²) >= 11 is 0. The van der Waals surface area contributed by atoms with Gasteiger partial charge in [0.25, 0.3) is 5.91 Å². The van der Waals surface area contributed by atoms with Gasteiger partial charge in [0.1, 0.15) is 5.75 Å². The van der Waals surface area contributed by atoms with Crippen molar-refractivity contribution in [3.8, 4) is 5.75 Å². The minimum absolute atomic E-state index is 0.0754. The molecule has 0 atom stereocenters. The van der Waals surface area contributed by atoms with Gasteiger partial charge in [-0.25, -0.2) is 0 Å². The Balaban J connectivity index is 1.59. The molecule has 0 saturated heterocycles. The third kappa shape index (κ3) is 3.71. The first-order valence-electron chi connectivity index (χ1n) is 7.93. The van der Waals surface area contributed by atoms with Gasteiger partial charge < -0.3 is 15.8 Å². The summed E-state index contributed by atoms with van der Waals surface area (Å²) in [4.78, 5) is 27.4. The van der Waals surface area contributed by atoms with Crippen LogP contribution in [0.15, 0.2) is 36.5 Å². The molecule has 1 aromatic heterocycles. The normalized spacial score (nSPS) is 13.0. The van der Waals surface area contributed by atoms with Crippen molar-refractivity contribution >= 4 is 17.5 Å². The van der Waals surface area contributed by atoms with Crippen molar-refractivity contribution in [1.82, 2.24) is 4.98 Å². The Labute approximate surface area is 140 Å². The number of hydrogen-bond donors (Lipinski definition) is 2. The van der Waals surface area contributed by atoms with Crippen LogP contribution in [0, 0.1) is 0 Å². The predicted molar refractivity (Wildman–Crippen MR) is 90.0 cm³/mol. The Kier molecular flexibility index (Phi) is 4.74. The first-order valence-corrected chi connectivity index (χ1v) is 7.93. The van der Waals surface area contributed by atoms with Crippen molar-refractivity contribution in [1.29, 1.82) is 0 Å². The maximum Gasteiger partial charge on any atom is 0.262 e. The first kappa shape index (κ1) is 16.0. The SMILES string of the molecule is NC(=O)c1ccc(NC(=O)COc2ccnc3c2CCCC3)cc1. The molecular formula is C18H19N3O3. The average molecular weight is 325 g/mol. The molecule has 124 valence electrons. The van der Waals surface area contributed by atoms with E-state index in [-0.39, 0.29) is 12.5 Å². The predicted octanol–water partition coefficient (Wildman–Crippen LogP) is 2.08. The van der Waals surface area contributed by atoms with Crippen molar-refractivity contribution < 1.29 is 14.3 Å². The lowest BCUT2D eigenvalue weighted by molar-refractivity contribution is -0.118. The van der Waals surface area contributed by atoms with Crippen LogP contribution in [0.5, 0.6) is 5.75 Å². The molecule has 0 bridgehead atoms. The van der Waals surface area contributed by atoms with E-state index in [0.29, 0.717) is 11.3 Å². The van der Waals surface area contributed by atoms with Crippen LogP contribution in [-0.2, 0) is 17.6 Å². The number of carbonyl (C=O) groups excluding carboxylic acids is 2. The Hall–Kier alpha value is -2.89. The van der Waals surface area contributed by atoms with Gasteiger partial charge in [-0.05, 0) is 56.0 Å². The zero-order chi connectivity index (χ0) is 16.9. The lowest BCUT2D eigenvalue weighted by atomic mass is 9.95. The third-order valence-electron chi connectivity index (χ3n) is 4.00. The largest absolute Gasteiger partial charge is 0.483 e. The summed E-state index contributed by atoms with van der Waals surface area (Å²) in [6, 6.07) is 8.20. The van der Waals surface area contributed by atoms with Crippen LogP contribution in [-0.4, -0.2) is 23.4 Å². The number of benzene rings is 1. The van der Waals surface area contributed by atoms with Gasteiger partial charge in [0, 0.05) is 28.7 Å². The summed E-state index contributed by atoms with van der Waals surface area (Å²) in [7, 11) is 0. The van der Waals surface area contributed by atoms with Crippen LogP contribution < -0.4 is 15.8 Å². The van der Waals surface area contributed by atoms with E-state index in [2.05, 4.69) is 10.3 Å². The van der Waals surface area contributed by atoms with Gasteiger partial charge >= 0.3 is 0 Å². The number of fused-ring (bicyclic) bond motifs is 1. The van der Waals surface area contributed by atoms with E-state index in [1.165, 1.54) is 0 Å². The van der Waals surface area contributed by atoms with Gasteiger partial charge in [-0.15, -0.1) is 0 Å². The minimum atomic E-state index is -0.501. The lowest BCUT2D eigenvalue weighted by Gasteiger charge is -2.18. The number of nitrogens with two attached hydrogens (primary N) is 1. The van der Waals surface area contributed by atoms with E-state index in [1.54, 1.807) is 36.5 Å². The minimum Gasteiger partial charge on any atom is -0.483 e. The number of pyridine rings is 1. The number of rotatable bonds is 5. The fraction of sp³-hybridized carbons (Fsp3) is 0.278. The number of primary amides is 1. The number of amides is 2. The van der Waals surface area contributed by atoms with Crippen molar-refractivity contribution in [2.45, 2.75) is 25.7 Å². The maximum atomic E-state index is 12.0. The lowest BCUT2D eigenvalue weighted by Crippen LogP contribution is -2.21. The molecule has 3 N–H and O–H groups in total. The molecule has 0 saturated carbocycles. The van der Waals surface area contributed by atoms with Crippen molar-refractivity contribution in [3.05, 3.63) is 53.3 Å². The number of nitrogens with one attached hydrogen (secondary N) is 1. The molecule has 2 amide bonds. The zero-order valence-corrected chi connectivity index (χ0v) is 13.2. The molecule has 0 unspecified atom stereocenters. The number of aryl methyl sites for hydroxylation is 1. The molecule has 3 rings (SSSR count). The standard InChI is InChI=1S/C18H19N3O3/c19-18(23)12-5-7-13(8-6-12)21-17(22)11-24-16-9-10-20-15-4-2-1-3-14(15)16/h5-10H,1-4,11H2,(H2,19,23)(H,21,22). The molecule has 1 heterocycles. The highest BCUT2D eigenvalue weighted by molar-refractivity contribution is 5.95. The number of hydrogen-bond acceptors (Lipinski definition) is 4. The fourth-order valence-corrected chi connectivity index (χ4v) is 2.79. The topological polar surface area (TPSA) is 94.3 Å². The molecule has 0 aliphatic heterocycles. The van der Waals surface area contributed by atoms with Crippen LogP contribution in [0.25, 0.3) is 0 Å². The second kappa shape index (κ2) is 7.12. The van der Waals surface area contributed by atoms with Gasteiger partial charge in [-0.1, -0.05) is 0 Å². The smallest absolute Gasteiger partial charge is 0.262 e.